The summed E-state index contributed by atoms with van der Waals surface area (Å²) in [7, 11) is 0. The van der Waals surface area contributed by atoms with Gasteiger partial charge >= 0.3 is 6.03 Å². The van der Waals surface area contributed by atoms with Gasteiger partial charge in [-0.05, 0) is 56.0 Å². The van der Waals surface area contributed by atoms with Crippen molar-refractivity contribution >= 4 is 17.4 Å². The second kappa shape index (κ2) is 8.47. The maximum atomic E-state index is 13.3. The first-order chi connectivity index (χ1) is 14.1. The zero-order valence-electron chi connectivity index (χ0n) is 17.1. The molecule has 2 amide bonds. The number of aromatic nitrogens is 3. The molecule has 3 aromatic rings. The number of fused-ring (bicyclic) bond motifs is 1. The Kier molecular flexibility index (Phi) is 5.60. The number of carbonyl (C=O) groups is 1. The Labute approximate surface area is 171 Å². The second-order valence-electron chi connectivity index (χ2n) is 7.67. The molecule has 4 rings (SSSR count). The highest BCUT2D eigenvalue weighted by Gasteiger charge is 2.23. The number of nitrogens with zero attached hydrogens (tertiary/aromatic N) is 4. The Morgan fingerprint density at radius 1 is 1.07 bits per heavy atom. The molecule has 0 bridgehead atoms. The summed E-state index contributed by atoms with van der Waals surface area (Å²) in [6.07, 6.45) is 4.43. The number of anilines is 2. The lowest BCUT2D eigenvalue weighted by Crippen LogP contribution is -2.36. The summed E-state index contributed by atoms with van der Waals surface area (Å²) >= 11 is 0. The average molecular weight is 390 g/mol. The van der Waals surface area contributed by atoms with Crippen molar-refractivity contribution in [3.05, 3.63) is 71.3 Å². The minimum atomic E-state index is -0.170. The van der Waals surface area contributed by atoms with Crippen molar-refractivity contribution in [2.24, 2.45) is 0 Å². The van der Waals surface area contributed by atoms with E-state index in [1.54, 1.807) is 4.90 Å². The van der Waals surface area contributed by atoms with E-state index in [1.165, 1.54) is 6.42 Å². The highest BCUT2D eigenvalue weighted by Crippen LogP contribution is 2.24. The maximum Gasteiger partial charge on any atom is 0.326 e. The predicted octanol–water partition coefficient (Wildman–Crippen LogP) is 4.86. The Bertz CT molecular complexity index is 1010. The summed E-state index contributed by atoms with van der Waals surface area (Å²) in [5.41, 5.74) is 3.81. The molecule has 0 aliphatic carbocycles. The molecule has 1 aliphatic heterocycles. The zero-order valence-corrected chi connectivity index (χ0v) is 17.1. The van der Waals surface area contributed by atoms with E-state index in [0.29, 0.717) is 6.54 Å². The predicted molar refractivity (Wildman–Crippen MR) is 115 cm³/mol. The molecule has 2 aromatic carbocycles. The molecular formula is C23H27N5O. The van der Waals surface area contributed by atoms with Crippen LogP contribution in [0, 0.1) is 13.8 Å². The minimum Gasteiger partial charge on any atom is -0.313 e. The van der Waals surface area contributed by atoms with Crippen LogP contribution in [-0.4, -0.2) is 20.8 Å². The first-order valence-electron chi connectivity index (χ1n) is 10.2. The number of amides is 2. The number of benzene rings is 2. The Hall–Kier alpha value is -3.15. The van der Waals surface area contributed by atoms with Crippen LogP contribution in [0.2, 0.25) is 0 Å². The van der Waals surface area contributed by atoms with Crippen molar-refractivity contribution < 1.29 is 4.79 Å². The number of rotatable bonds is 4. The van der Waals surface area contributed by atoms with Crippen LogP contribution in [0.1, 0.15) is 42.0 Å². The van der Waals surface area contributed by atoms with E-state index in [2.05, 4.69) is 20.1 Å². The fraction of sp³-hybridized carbons (Fsp3) is 0.348. The smallest absolute Gasteiger partial charge is 0.313 e. The summed E-state index contributed by atoms with van der Waals surface area (Å²) in [5, 5.41) is 11.9. The van der Waals surface area contributed by atoms with Crippen molar-refractivity contribution in [3.8, 4) is 0 Å². The van der Waals surface area contributed by atoms with Crippen LogP contribution in [0.3, 0.4) is 0 Å². The third-order valence-electron chi connectivity index (χ3n) is 5.41. The molecular weight excluding hydrogens is 362 g/mol. The lowest BCUT2D eigenvalue weighted by atomic mass is 10.2. The standard InChI is InChI=1S/C23H27N5O/c1-17-9-8-11-19(15-17)24-23(29)28(20-12-6-5-10-18(20)2)16-22-26-25-21-13-4-3-7-14-27(21)22/h5-6,8-12,15H,3-4,7,13-14,16H2,1-2H3,(H,24,29). The van der Waals surface area contributed by atoms with Gasteiger partial charge in [0, 0.05) is 24.3 Å². The van der Waals surface area contributed by atoms with Crippen molar-refractivity contribution in [2.75, 3.05) is 10.2 Å². The third-order valence-corrected chi connectivity index (χ3v) is 5.41. The largest absolute Gasteiger partial charge is 0.326 e. The summed E-state index contributed by atoms with van der Waals surface area (Å²) in [6, 6.07) is 15.6. The van der Waals surface area contributed by atoms with Crippen molar-refractivity contribution in [1.29, 1.82) is 0 Å². The van der Waals surface area contributed by atoms with Crippen LogP contribution in [0.4, 0.5) is 16.2 Å². The Balaban J connectivity index is 1.65. The van der Waals surface area contributed by atoms with Gasteiger partial charge < -0.3 is 9.88 Å². The topological polar surface area (TPSA) is 63.1 Å². The maximum absolute atomic E-state index is 13.3. The van der Waals surface area contributed by atoms with E-state index in [4.69, 9.17) is 0 Å². The van der Waals surface area contributed by atoms with Crippen LogP contribution in [0.15, 0.2) is 48.5 Å². The number of nitrogens with one attached hydrogen (secondary N) is 1. The quantitative estimate of drug-likeness (QED) is 0.693. The number of hydrogen-bond acceptors (Lipinski definition) is 3. The fourth-order valence-corrected chi connectivity index (χ4v) is 3.85. The van der Waals surface area contributed by atoms with Gasteiger partial charge in [0.25, 0.3) is 0 Å². The molecule has 0 fully saturated rings. The SMILES string of the molecule is Cc1cccc(NC(=O)N(Cc2nnc3n2CCCCC3)c2ccccc2C)c1. The molecule has 0 unspecified atom stereocenters. The molecule has 6 nitrogen and oxygen atoms in total. The van der Waals surface area contributed by atoms with Crippen molar-refractivity contribution in [2.45, 2.75) is 52.6 Å². The molecule has 2 heterocycles. The van der Waals surface area contributed by atoms with E-state index in [9.17, 15) is 4.79 Å². The molecule has 150 valence electrons. The zero-order chi connectivity index (χ0) is 20.2. The monoisotopic (exact) mass is 389 g/mol. The number of para-hydroxylation sites is 1. The summed E-state index contributed by atoms with van der Waals surface area (Å²) < 4.78 is 2.19. The highest BCUT2D eigenvalue weighted by atomic mass is 16.2. The second-order valence-corrected chi connectivity index (χ2v) is 7.67. The van der Waals surface area contributed by atoms with Gasteiger partial charge in [-0.1, -0.05) is 36.8 Å². The van der Waals surface area contributed by atoms with Gasteiger partial charge in [-0.15, -0.1) is 10.2 Å². The average Bonchev–Trinajstić information content (AvgIpc) is 2.92. The van der Waals surface area contributed by atoms with Gasteiger partial charge in [0.15, 0.2) is 5.82 Å². The van der Waals surface area contributed by atoms with E-state index >= 15 is 0 Å². The molecule has 0 saturated heterocycles. The summed E-state index contributed by atoms with van der Waals surface area (Å²) in [4.78, 5) is 15.1. The summed E-state index contributed by atoms with van der Waals surface area (Å²) in [6.45, 7) is 5.33. The molecule has 0 spiro atoms. The fourth-order valence-electron chi connectivity index (χ4n) is 3.85. The van der Waals surface area contributed by atoms with Crippen molar-refractivity contribution in [1.82, 2.24) is 14.8 Å². The molecule has 0 radical (unpaired) electrons. The first-order valence-corrected chi connectivity index (χ1v) is 10.2. The molecule has 6 heteroatoms. The van der Waals surface area contributed by atoms with Gasteiger partial charge in [-0.2, -0.15) is 0 Å². The van der Waals surface area contributed by atoms with Gasteiger partial charge in [-0.3, -0.25) is 4.90 Å². The highest BCUT2D eigenvalue weighted by molar-refractivity contribution is 6.02. The van der Waals surface area contributed by atoms with Crippen LogP contribution in [0.25, 0.3) is 0 Å². The normalized spacial score (nSPS) is 13.4. The molecule has 1 aliphatic rings. The van der Waals surface area contributed by atoms with Gasteiger partial charge in [0.05, 0.1) is 6.54 Å². The van der Waals surface area contributed by atoms with E-state index in [-0.39, 0.29) is 6.03 Å². The lowest BCUT2D eigenvalue weighted by molar-refractivity contribution is 0.256. The van der Waals surface area contributed by atoms with Crippen LogP contribution in [-0.2, 0) is 19.5 Å². The van der Waals surface area contributed by atoms with Crippen LogP contribution < -0.4 is 10.2 Å². The molecule has 1 N–H and O–H groups in total. The van der Waals surface area contributed by atoms with E-state index in [1.807, 2.05) is 62.4 Å². The van der Waals surface area contributed by atoms with Gasteiger partial charge in [0.1, 0.15) is 5.82 Å². The first kappa shape index (κ1) is 19.2. The van der Waals surface area contributed by atoms with Gasteiger partial charge in [-0.25, -0.2) is 4.79 Å². The number of carbonyl (C=O) groups excluding carboxylic acids is 1. The Morgan fingerprint density at radius 2 is 1.93 bits per heavy atom. The summed E-state index contributed by atoms with van der Waals surface area (Å²) in [5.74, 6) is 1.87. The minimum absolute atomic E-state index is 0.170. The number of aryl methyl sites for hydroxylation is 3. The molecule has 29 heavy (non-hydrogen) atoms. The van der Waals surface area contributed by atoms with Gasteiger partial charge in [0.2, 0.25) is 0 Å². The lowest BCUT2D eigenvalue weighted by Gasteiger charge is -2.25. The molecule has 0 saturated carbocycles. The molecule has 1 aromatic heterocycles. The third kappa shape index (κ3) is 4.31. The Morgan fingerprint density at radius 3 is 2.76 bits per heavy atom. The van der Waals surface area contributed by atoms with Crippen molar-refractivity contribution in [3.63, 3.8) is 0 Å². The van der Waals surface area contributed by atoms with Crippen LogP contribution >= 0.6 is 0 Å². The van der Waals surface area contributed by atoms with E-state index in [0.717, 1.165) is 60.0 Å². The number of hydrogen-bond donors (Lipinski definition) is 1. The van der Waals surface area contributed by atoms with E-state index < -0.39 is 0 Å². The molecule has 0 atom stereocenters. The van der Waals surface area contributed by atoms with Crippen LogP contribution in [0.5, 0.6) is 0 Å². The number of urea groups is 1.